The standard InChI is InChI=1S/C15H20N4O/c1-11-5-12(2)7-13(6-11)10-19-15(20)8-14(9-18-19)17-4-3-16/h5-9,17H,3-4,10,16H2,1-2H3. The molecule has 0 amide bonds. The van der Waals surface area contributed by atoms with Crippen molar-refractivity contribution in [2.75, 3.05) is 18.4 Å². The van der Waals surface area contributed by atoms with Crippen molar-refractivity contribution in [2.45, 2.75) is 20.4 Å². The summed E-state index contributed by atoms with van der Waals surface area (Å²) in [5, 5.41) is 7.23. The van der Waals surface area contributed by atoms with Crippen molar-refractivity contribution in [1.82, 2.24) is 9.78 Å². The van der Waals surface area contributed by atoms with E-state index in [0.29, 0.717) is 25.3 Å². The smallest absolute Gasteiger partial charge is 0.269 e. The second-order valence-corrected chi connectivity index (χ2v) is 4.95. The van der Waals surface area contributed by atoms with Gasteiger partial charge in [0, 0.05) is 19.2 Å². The van der Waals surface area contributed by atoms with Gasteiger partial charge in [0.2, 0.25) is 0 Å². The van der Waals surface area contributed by atoms with Crippen molar-refractivity contribution in [2.24, 2.45) is 5.73 Å². The molecule has 0 radical (unpaired) electrons. The van der Waals surface area contributed by atoms with E-state index in [1.165, 1.54) is 15.8 Å². The highest BCUT2D eigenvalue weighted by Crippen LogP contribution is 2.09. The molecular weight excluding hydrogens is 252 g/mol. The normalized spacial score (nSPS) is 10.6. The lowest BCUT2D eigenvalue weighted by molar-refractivity contribution is 0.639. The second kappa shape index (κ2) is 6.34. The van der Waals surface area contributed by atoms with Crippen LogP contribution in [0.25, 0.3) is 0 Å². The van der Waals surface area contributed by atoms with Crippen LogP contribution in [0, 0.1) is 13.8 Å². The first-order valence-electron chi connectivity index (χ1n) is 6.67. The molecule has 0 saturated heterocycles. The zero-order valence-electron chi connectivity index (χ0n) is 11.9. The van der Waals surface area contributed by atoms with E-state index in [1.807, 2.05) is 13.8 Å². The molecule has 2 rings (SSSR count). The number of nitrogens with one attached hydrogen (secondary N) is 1. The van der Waals surface area contributed by atoms with Gasteiger partial charge < -0.3 is 11.1 Å². The van der Waals surface area contributed by atoms with E-state index in [0.717, 1.165) is 5.56 Å². The molecule has 20 heavy (non-hydrogen) atoms. The number of rotatable bonds is 5. The van der Waals surface area contributed by atoms with Crippen molar-refractivity contribution < 1.29 is 0 Å². The van der Waals surface area contributed by atoms with Crippen LogP contribution in [-0.2, 0) is 6.54 Å². The maximum atomic E-state index is 12.0. The average molecular weight is 272 g/mol. The van der Waals surface area contributed by atoms with Gasteiger partial charge in [0.05, 0.1) is 18.4 Å². The third kappa shape index (κ3) is 3.68. The summed E-state index contributed by atoms with van der Waals surface area (Å²) in [7, 11) is 0. The highest BCUT2D eigenvalue weighted by molar-refractivity contribution is 5.38. The first kappa shape index (κ1) is 14.3. The molecule has 5 nitrogen and oxygen atoms in total. The van der Waals surface area contributed by atoms with Gasteiger partial charge >= 0.3 is 0 Å². The molecule has 5 heteroatoms. The fraction of sp³-hybridized carbons (Fsp3) is 0.333. The quantitative estimate of drug-likeness (QED) is 0.860. The molecule has 0 aliphatic carbocycles. The maximum absolute atomic E-state index is 12.0. The molecule has 1 heterocycles. The molecule has 2 aromatic rings. The molecule has 1 aromatic heterocycles. The van der Waals surface area contributed by atoms with Crippen LogP contribution in [0.4, 0.5) is 5.69 Å². The Morgan fingerprint density at radius 2 is 1.90 bits per heavy atom. The van der Waals surface area contributed by atoms with Crippen LogP contribution in [0.3, 0.4) is 0 Å². The minimum Gasteiger partial charge on any atom is -0.382 e. The number of nitrogens with two attached hydrogens (primary N) is 1. The Morgan fingerprint density at radius 3 is 2.50 bits per heavy atom. The first-order chi connectivity index (χ1) is 9.58. The SMILES string of the molecule is Cc1cc(C)cc(Cn2ncc(NCCN)cc2=O)c1. The highest BCUT2D eigenvalue weighted by Gasteiger charge is 2.02. The molecule has 106 valence electrons. The number of benzene rings is 1. The molecule has 0 atom stereocenters. The van der Waals surface area contributed by atoms with Gasteiger partial charge in [-0.1, -0.05) is 29.3 Å². The molecule has 3 N–H and O–H groups in total. The van der Waals surface area contributed by atoms with Crippen LogP contribution in [-0.4, -0.2) is 22.9 Å². The third-order valence-electron chi connectivity index (χ3n) is 2.96. The van der Waals surface area contributed by atoms with Gasteiger partial charge in [-0.05, 0) is 19.4 Å². The van der Waals surface area contributed by atoms with Crippen molar-refractivity contribution >= 4 is 5.69 Å². The maximum Gasteiger partial charge on any atom is 0.269 e. The lowest BCUT2D eigenvalue weighted by Gasteiger charge is -2.08. The summed E-state index contributed by atoms with van der Waals surface area (Å²) in [6, 6.07) is 7.80. The van der Waals surface area contributed by atoms with Crippen molar-refractivity contribution in [3.63, 3.8) is 0 Å². The van der Waals surface area contributed by atoms with Gasteiger partial charge in [0.25, 0.3) is 5.56 Å². The zero-order chi connectivity index (χ0) is 14.5. The number of anilines is 1. The molecule has 1 aromatic carbocycles. The molecule has 0 bridgehead atoms. The van der Waals surface area contributed by atoms with E-state index in [9.17, 15) is 4.79 Å². The van der Waals surface area contributed by atoms with E-state index in [-0.39, 0.29) is 5.56 Å². The Hall–Kier alpha value is -2.14. The van der Waals surface area contributed by atoms with Crippen LogP contribution < -0.4 is 16.6 Å². The Morgan fingerprint density at radius 1 is 1.20 bits per heavy atom. The monoisotopic (exact) mass is 272 g/mol. The molecule has 0 aliphatic rings. The van der Waals surface area contributed by atoms with Gasteiger partial charge in [0.1, 0.15) is 0 Å². The highest BCUT2D eigenvalue weighted by atomic mass is 16.1. The van der Waals surface area contributed by atoms with Crippen LogP contribution in [0.1, 0.15) is 16.7 Å². The third-order valence-corrected chi connectivity index (χ3v) is 2.96. The second-order valence-electron chi connectivity index (χ2n) is 4.95. The topological polar surface area (TPSA) is 72.9 Å². The molecular formula is C15H20N4O. The number of hydrogen-bond acceptors (Lipinski definition) is 4. The van der Waals surface area contributed by atoms with Crippen LogP contribution >= 0.6 is 0 Å². The summed E-state index contributed by atoms with van der Waals surface area (Å²) < 4.78 is 1.46. The molecule has 0 aliphatic heterocycles. The summed E-state index contributed by atoms with van der Waals surface area (Å²) in [6.45, 7) is 5.73. The minimum absolute atomic E-state index is 0.119. The van der Waals surface area contributed by atoms with E-state index < -0.39 is 0 Å². The summed E-state index contributed by atoms with van der Waals surface area (Å²) in [5.74, 6) is 0. The summed E-state index contributed by atoms with van der Waals surface area (Å²) >= 11 is 0. The largest absolute Gasteiger partial charge is 0.382 e. The predicted octanol–water partition coefficient (Wildman–Crippen LogP) is 1.28. The number of nitrogens with zero attached hydrogens (tertiary/aromatic N) is 2. The van der Waals surface area contributed by atoms with Gasteiger partial charge in [-0.3, -0.25) is 4.79 Å². The Balaban J connectivity index is 2.19. The van der Waals surface area contributed by atoms with Crippen molar-refractivity contribution in [3.05, 3.63) is 57.5 Å². The molecule has 0 saturated carbocycles. The Labute approximate surface area is 118 Å². The van der Waals surface area contributed by atoms with Crippen LogP contribution in [0.15, 0.2) is 35.3 Å². The number of aromatic nitrogens is 2. The van der Waals surface area contributed by atoms with Crippen molar-refractivity contribution in [3.8, 4) is 0 Å². The number of aryl methyl sites for hydroxylation is 2. The Bertz CT molecular complexity index is 628. The molecule has 0 unspecified atom stereocenters. The minimum atomic E-state index is -0.119. The van der Waals surface area contributed by atoms with E-state index in [2.05, 4.69) is 28.6 Å². The fourth-order valence-electron chi connectivity index (χ4n) is 2.20. The lowest BCUT2D eigenvalue weighted by Crippen LogP contribution is -2.24. The predicted molar refractivity (Wildman–Crippen MR) is 81.1 cm³/mol. The van der Waals surface area contributed by atoms with Crippen molar-refractivity contribution in [1.29, 1.82) is 0 Å². The summed E-state index contributed by atoms with van der Waals surface area (Å²) in [5.41, 5.74) is 9.46. The zero-order valence-corrected chi connectivity index (χ0v) is 11.9. The summed E-state index contributed by atoms with van der Waals surface area (Å²) in [6.07, 6.45) is 1.65. The average Bonchev–Trinajstić information content (AvgIpc) is 2.38. The van der Waals surface area contributed by atoms with Gasteiger partial charge in [-0.25, -0.2) is 4.68 Å². The molecule has 0 spiro atoms. The molecule has 0 fully saturated rings. The lowest BCUT2D eigenvalue weighted by atomic mass is 10.1. The number of hydrogen-bond donors (Lipinski definition) is 2. The van der Waals surface area contributed by atoms with Gasteiger partial charge in [0.15, 0.2) is 0 Å². The van der Waals surface area contributed by atoms with Gasteiger partial charge in [-0.2, -0.15) is 5.10 Å². The van der Waals surface area contributed by atoms with E-state index >= 15 is 0 Å². The first-order valence-corrected chi connectivity index (χ1v) is 6.67. The fourth-order valence-corrected chi connectivity index (χ4v) is 2.20. The van der Waals surface area contributed by atoms with E-state index in [1.54, 1.807) is 12.3 Å². The van der Waals surface area contributed by atoms with E-state index in [4.69, 9.17) is 5.73 Å². The summed E-state index contributed by atoms with van der Waals surface area (Å²) in [4.78, 5) is 12.0. The Kier molecular flexibility index (Phi) is 4.53. The van der Waals surface area contributed by atoms with Crippen LogP contribution in [0.2, 0.25) is 0 Å². The van der Waals surface area contributed by atoms with Gasteiger partial charge in [-0.15, -0.1) is 0 Å². The van der Waals surface area contributed by atoms with Crippen LogP contribution in [0.5, 0.6) is 0 Å².